The molecule has 7 nitrogen and oxygen atoms in total. The summed E-state index contributed by atoms with van der Waals surface area (Å²) < 4.78 is 8.66. The van der Waals surface area contributed by atoms with Crippen molar-refractivity contribution in [1.29, 1.82) is 0 Å². The van der Waals surface area contributed by atoms with Crippen molar-refractivity contribution in [3.63, 3.8) is 0 Å². The third-order valence-corrected chi connectivity index (χ3v) is 3.61. The summed E-state index contributed by atoms with van der Waals surface area (Å²) in [7, 11) is 1.78. The third-order valence-electron chi connectivity index (χ3n) is 3.61. The highest BCUT2D eigenvalue weighted by Crippen LogP contribution is 2.24. The minimum Gasteiger partial charge on any atom is -0.465 e. The molecule has 0 aliphatic carbocycles. The van der Waals surface area contributed by atoms with Crippen LogP contribution >= 0.6 is 0 Å². The summed E-state index contributed by atoms with van der Waals surface area (Å²) in [6.45, 7) is 1.16. The summed E-state index contributed by atoms with van der Waals surface area (Å²) in [5.74, 6) is 0. The van der Waals surface area contributed by atoms with E-state index in [9.17, 15) is 9.59 Å². The molecule has 2 aromatic heterocycles. The maximum atomic E-state index is 12.6. The van der Waals surface area contributed by atoms with Crippen LogP contribution < -0.4 is 10.9 Å². The second-order valence-electron chi connectivity index (χ2n) is 4.89. The summed E-state index contributed by atoms with van der Waals surface area (Å²) in [6, 6.07) is 1.84. The molecule has 0 spiro atoms. The van der Waals surface area contributed by atoms with Crippen LogP contribution in [-0.2, 0) is 11.8 Å². The predicted molar refractivity (Wildman–Crippen MR) is 73.3 cm³/mol. The van der Waals surface area contributed by atoms with E-state index >= 15 is 0 Å². The fourth-order valence-electron chi connectivity index (χ4n) is 2.65. The van der Waals surface area contributed by atoms with Gasteiger partial charge in [-0.2, -0.15) is 0 Å². The molecule has 2 aromatic rings. The highest BCUT2D eigenvalue weighted by molar-refractivity contribution is 5.98. The first kappa shape index (κ1) is 12.7. The fourth-order valence-corrected chi connectivity index (χ4v) is 2.65. The van der Waals surface area contributed by atoms with Gasteiger partial charge in [0.15, 0.2) is 0 Å². The molecule has 7 heteroatoms. The number of anilines is 1. The van der Waals surface area contributed by atoms with E-state index in [0.29, 0.717) is 29.8 Å². The predicted octanol–water partition coefficient (Wildman–Crippen LogP) is 1.39. The third kappa shape index (κ3) is 1.96. The molecule has 0 saturated carbocycles. The van der Waals surface area contributed by atoms with Crippen molar-refractivity contribution in [2.24, 2.45) is 7.05 Å². The lowest BCUT2D eigenvalue weighted by Gasteiger charge is -2.12. The van der Waals surface area contributed by atoms with Crippen molar-refractivity contribution in [3.8, 4) is 0 Å². The van der Waals surface area contributed by atoms with E-state index in [1.165, 1.54) is 0 Å². The fraction of sp³-hybridized carbons (Fsp3) is 0.385. The number of carboxylic acid groups (broad SMARTS) is 1. The number of aryl methyl sites for hydroxylation is 1. The van der Waals surface area contributed by atoms with Gasteiger partial charge in [-0.3, -0.25) is 10.1 Å². The number of carbonyl (C=O) groups is 1. The molecule has 106 valence electrons. The first-order valence-corrected chi connectivity index (χ1v) is 6.36. The van der Waals surface area contributed by atoms with Crippen molar-refractivity contribution >= 4 is 22.7 Å². The second-order valence-corrected chi connectivity index (χ2v) is 4.89. The van der Waals surface area contributed by atoms with Crippen molar-refractivity contribution in [2.75, 3.05) is 18.5 Å². The molecule has 0 unspecified atom stereocenters. The number of nitrogens with one attached hydrogen (secondary N) is 1. The van der Waals surface area contributed by atoms with Crippen LogP contribution in [0.1, 0.15) is 12.5 Å². The normalized spacial score (nSPS) is 18.6. The zero-order chi connectivity index (χ0) is 14.3. The quantitative estimate of drug-likeness (QED) is 0.868. The van der Waals surface area contributed by atoms with Gasteiger partial charge in [0, 0.05) is 26.0 Å². The van der Waals surface area contributed by atoms with Crippen LogP contribution in [0.4, 0.5) is 10.5 Å². The molecule has 2 N–H and O–H groups in total. The molecule has 1 amide bonds. The van der Waals surface area contributed by atoms with Crippen molar-refractivity contribution in [1.82, 2.24) is 9.13 Å². The van der Waals surface area contributed by atoms with Gasteiger partial charge in [-0.15, -0.1) is 0 Å². The average molecular weight is 277 g/mol. The van der Waals surface area contributed by atoms with Crippen LogP contribution in [-0.4, -0.2) is 33.5 Å². The molecule has 3 rings (SSSR count). The molecule has 1 aliphatic heterocycles. The Kier molecular flexibility index (Phi) is 2.98. The number of hydrogen-bond acceptors (Lipinski definition) is 3. The van der Waals surface area contributed by atoms with Gasteiger partial charge in [-0.25, -0.2) is 4.79 Å². The Morgan fingerprint density at radius 3 is 3.00 bits per heavy atom. The van der Waals surface area contributed by atoms with Gasteiger partial charge in [0.1, 0.15) is 0 Å². The second kappa shape index (κ2) is 4.68. The minimum atomic E-state index is -1.18. The summed E-state index contributed by atoms with van der Waals surface area (Å²) in [5, 5.41) is 11.5. The lowest BCUT2D eigenvalue weighted by molar-refractivity contribution is 0.186. The first-order chi connectivity index (χ1) is 9.58. The SMILES string of the molecule is Cn1cc(NC(=O)O)c2c(=O)n([C@@H]3CCOC3)ccc21. The Labute approximate surface area is 114 Å². The Morgan fingerprint density at radius 2 is 2.35 bits per heavy atom. The van der Waals surface area contributed by atoms with E-state index in [1.807, 2.05) is 6.07 Å². The highest BCUT2D eigenvalue weighted by Gasteiger charge is 2.21. The van der Waals surface area contributed by atoms with Crippen LogP contribution in [0.15, 0.2) is 23.3 Å². The van der Waals surface area contributed by atoms with Gasteiger partial charge < -0.3 is 19.0 Å². The summed E-state index contributed by atoms with van der Waals surface area (Å²) in [5.41, 5.74) is 0.824. The van der Waals surface area contributed by atoms with Gasteiger partial charge in [0.2, 0.25) is 0 Å². The Bertz CT molecular complexity index is 725. The molecule has 1 atom stereocenters. The van der Waals surface area contributed by atoms with Gasteiger partial charge in [0.25, 0.3) is 5.56 Å². The van der Waals surface area contributed by atoms with Crippen LogP contribution in [0, 0.1) is 0 Å². The van der Waals surface area contributed by atoms with Crippen molar-refractivity contribution in [2.45, 2.75) is 12.5 Å². The first-order valence-electron chi connectivity index (χ1n) is 6.36. The van der Waals surface area contributed by atoms with E-state index in [2.05, 4.69) is 5.32 Å². The largest absolute Gasteiger partial charge is 0.465 e. The molecule has 1 aliphatic rings. The van der Waals surface area contributed by atoms with Crippen molar-refractivity contribution < 1.29 is 14.6 Å². The summed E-state index contributed by atoms with van der Waals surface area (Å²) in [6.07, 6.45) is 2.96. The van der Waals surface area contributed by atoms with Crippen LogP contribution in [0.25, 0.3) is 10.9 Å². The Hall–Kier alpha value is -2.28. The molecule has 0 radical (unpaired) electrons. The molecular formula is C13H15N3O4. The monoisotopic (exact) mass is 277 g/mol. The van der Waals surface area contributed by atoms with Gasteiger partial charge >= 0.3 is 6.09 Å². The van der Waals surface area contributed by atoms with Crippen LogP contribution in [0.5, 0.6) is 0 Å². The van der Waals surface area contributed by atoms with Gasteiger partial charge in [-0.1, -0.05) is 0 Å². The lowest BCUT2D eigenvalue weighted by Crippen LogP contribution is -2.25. The Morgan fingerprint density at radius 1 is 1.55 bits per heavy atom. The number of ether oxygens (including phenoxy) is 1. The van der Waals surface area contributed by atoms with Gasteiger partial charge in [-0.05, 0) is 12.5 Å². The Balaban J connectivity index is 2.19. The number of nitrogens with zero attached hydrogens (tertiary/aromatic N) is 2. The van der Waals surface area contributed by atoms with E-state index in [1.54, 1.807) is 28.6 Å². The number of aromatic nitrogens is 2. The van der Waals surface area contributed by atoms with Crippen LogP contribution in [0.2, 0.25) is 0 Å². The number of fused-ring (bicyclic) bond motifs is 1. The molecule has 3 heterocycles. The molecule has 1 saturated heterocycles. The standard InChI is InChI=1S/C13H15N3O4/c1-15-6-9(14-13(18)19)11-10(15)2-4-16(12(11)17)8-3-5-20-7-8/h2,4,6,8,14H,3,5,7H2,1H3,(H,18,19)/t8-/m1/s1. The minimum absolute atomic E-state index is 0.0183. The number of pyridine rings is 1. The van der Waals surface area contributed by atoms with E-state index in [-0.39, 0.29) is 11.6 Å². The van der Waals surface area contributed by atoms with Crippen molar-refractivity contribution in [3.05, 3.63) is 28.8 Å². The van der Waals surface area contributed by atoms with E-state index < -0.39 is 6.09 Å². The van der Waals surface area contributed by atoms with E-state index in [0.717, 1.165) is 6.42 Å². The number of rotatable bonds is 2. The number of amides is 1. The zero-order valence-corrected chi connectivity index (χ0v) is 11.0. The maximum absolute atomic E-state index is 12.6. The summed E-state index contributed by atoms with van der Waals surface area (Å²) >= 11 is 0. The van der Waals surface area contributed by atoms with Gasteiger partial charge in [0.05, 0.1) is 29.2 Å². The van der Waals surface area contributed by atoms with Crippen LogP contribution in [0.3, 0.4) is 0 Å². The van der Waals surface area contributed by atoms with E-state index in [4.69, 9.17) is 9.84 Å². The smallest absolute Gasteiger partial charge is 0.409 e. The topological polar surface area (TPSA) is 85.5 Å². The summed E-state index contributed by atoms with van der Waals surface area (Å²) in [4.78, 5) is 23.4. The average Bonchev–Trinajstić information content (AvgIpc) is 2.99. The number of hydrogen-bond donors (Lipinski definition) is 2. The molecular weight excluding hydrogens is 262 g/mol. The molecule has 0 aromatic carbocycles. The zero-order valence-electron chi connectivity index (χ0n) is 11.0. The molecule has 0 bridgehead atoms. The molecule has 1 fully saturated rings. The highest BCUT2D eigenvalue weighted by atomic mass is 16.5. The maximum Gasteiger partial charge on any atom is 0.409 e. The molecule has 20 heavy (non-hydrogen) atoms. The lowest BCUT2D eigenvalue weighted by atomic mass is 10.2.